The van der Waals surface area contributed by atoms with Crippen molar-refractivity contribution in [2.75, 3.05) is 13.7 Å². The largest absolute Gasteiger partial charge is 0.441 e. The number of carbonyl (C=O) groups excluding carboxylic acids is 1. The Labute approximate surface area is 153 Å². The molecule has 1 aromatic heterocycles. The lowest BCUT2D eigenvalue weighted by Crippen LogP contribution is -2.29. The van der Waals surface area contributed by atoms with Crippen molar-refractivity contribution < 1.29 is 13.9 Å². The number of rotatable bonds is 8. The molecule has 0 aliphatic heterocycles. The molecule has 5 nitrogen and oxygen atoms in total. The molecular weight excluding hydrogens is 328 g/mol. The second-order valence-corrected chi connectivity index (χ2v) is 5.92. The Morgan fingerprint density at radius 1 is 1.12 bits per heavy atom. The van der Waals surface area contributed by atoms with Crippen molar-refractivity contribution in [2.45, 2.75) is 18.9 Å². The van der Waals surface area contributed by atoms with Gasteiger partial charge in [-0.2, -0.15) is 0 Å². The number of aryl methyl sites for hydroxylation is 1. The summed E-state index contributed by atoms with van der Waals surface area (Å²) in [6, 6.07) is 19.6. The lowest BCUT2D eigenvalue weighted by atomic mass is 10.1. The van der Waals surface area contributed by atoms with E-state index >= 15 is 0 Å². The van der Waals surface area contributed by atoms with E-state index in [1.54, 1.807) is 13.3 Å². The zero-order valence-electron chi connectivity index (χ0n) is 14.7. The number of amides is 1. The van der Waals surface area contributed by atoms with Crippen LogP contribution in [0.4, 0.5) is 0 Å². The monoisotopic (exact) mass is 350 g/mol. The third kappa shape index (κ3) is 4.80. The number of nitrogens with zero attached hydrogens (tertiary/aromatic N) is 1. The summed E-state index contributed by atoms with van der Waals surface area (Å²) in [5, 5.41) is 2.91. The van der Waals surface area contributed by atoms with E-state index in [1.807, 2.05) is 60.7 Å². The highest BCUT2D eigenvalue weighted by molar-refractivity contribution is 5.76. The molecule has 1 N–H and O–H groups in total. The SMILES string of the molecule is COC(CNC(=O)CCc1ncc(-c2ccccc2)o1)c1ccccc1. The minimum absolute atomic E-state index is 0.0533. The first kappa shape index (κ1) is 17.9. The number of benzene rings is 2. The summed E-state index contributed by atoms with van der Waals surface area (Å²) >= 11 is 0. The molecule has 0 bridgehead atoms. The van der Waals surface area contributed by atoms with Crippen molar-refractivity contribution >= 4 is 5.91 Å². The molecule has 3 aromatic rings. The molecule has 0 saturated carbocycles. The molecule has 1 heterocycles. The third-order valence-corrected chi connectivity index (χ3v) is 4.12. The number of oxazole rings is 1. The Balaban J connectivity index is 1.48. The number of hydrogen-bond donors (Lipinski definition) is 1. The second kappa shape index (κ2) is 8.97. The van der Waals surface area contributed by atoms with Crippen LogP contribution >= 0.6 is 0 Å². The van der Waals surface area contributed by atoms with Crippen molar-refractivity contribution in [3.63, 3.8) is 0 Å². The van der Waals surface area contributed by atoms with Gasteiger partial charge in [-0.05, 0) is 5.56 Å². The van der Waals surface area contributed by atoms with Crippen LogP contribution < -0.4 is 5.32 Å². The molecule has 0 radical (unpaired) electrons. The number of nitrogens with one attached hydrogen (secondary N) is 1. The molecule has 0 spiro atoms. The fourth-order valence-electron chi connectivity index (χ4n) is 2.68. The summed E-state index contributed by atoms with van der Waals surface area (Å²) in [6.07, 6.45) is 2.31. The van der Waals surface area contributed by atoms with Gasteiger partial charge in [0, 0.05) is 32.1 Å². The van der Waals surface area contributed by atoms with Crippen LogP contribution in [-0.4, -0.2) is 24.5 Å². The molecule has 1 amide bonds. The Kier molecular flexibility index (Phi) is 6.17. The first-order chi connectivity index (χ1) is 12.8. The fraction of sp³-hybridized carbons (Fsp3) is 0.238. The number of ether oxygens (including phenoxy) is 1. The van der Waals surface area contributed by atoms with E-state index in [1.165, 1.54) is 0 Å². The summed E-state index contributed by atoms with van der Waals surface area (Å²) in [7, 11) is 1.64. The van der Waals surface area contributed by atoms with Crippen molar-refractivity contribution in [3.8, 4) is 11.3 Å². The lowest BCUT2D eigenvalue weighted by molar-refractivity contribution is -0.121. The van der Waals surface area contributed by atoms with Gasteiger partial charge in [0.25, 0.3) is 0 Å². The minimum Gasteiger partial charge on any atom is -0.441 e. The molecule has 134 valence electrons. The van der Waals surface area contributed by atoms with Gasteiger partial charge in [0.05, 0.1) is 12.3 Å². The van der Waals surface area contributed by atoms with Crippen LogP contribution in [0.2, 0.25) is 0 Å². The van der Waals surface area contributed by atoms with Crippen molar-refractivity contribution in [1.29, 1.82) is 0 Å². The lowest BCUT2D eigenvalue weighted by Gasteiger charge is -2.16. The Hall–Kier alpha value is -2.92. The molecule has 1 atom stereocenters. The van der Waals surface area contributed by atoms with E-state index in [9.17, 15) is 4.79 Å². The van der Waals surface area contributed by atoms with Crippen LogP contribution in [0.15, 0.2) is 71.3 Å². The maximum absolute atomic E-state index is 12.1. The summed E-state index contributed by atoms with van der Waals surface area (Å²) < 4.78 is 11.2. The number of hydrogen-bond acceptors (Lipinski definition) is 4. The second-order valence-electron chi connectivity index (χ2n) is 5.92. The van der Waals surface area contributed by atoms with Crippen LogP contribution in [0.25, 0.3) is 11.3 Å². The third-order valence-electron chi connectivity index (χ3n) is 4.12. The molecule has 0 saturated heterocycles. The molecule has 0 fully saturated rings. The van der Waals surface area contributed by atoms with E-state index in [0.717, 1.165) is 11.1 Å². The van der Waals surface area contributed by atoms with Gasteiger partial charge in [-0.25, -0.2) is 4.98 Å². The van der Waals surface area contributed by atoms with E-state index < -0.39 is 0 Å². The molecule has 5 heteroatoms. The smallest absolute Gasteiger partial charge is 0.220 e. The first-order valence-electron chi connectivity index (χ1n) is 8.61. The summed E-state index contributed by atoms with van der Waals surface area (Å²) in [5.74, 6) is 1.22. The van der Waals surface area contributed by atoms with Crippen molar-refractivity contribution in [2.24, 2.45) is 0 Å². The minimum atomic E-state index is -0.161. The Morgan fingerprint density at radius 2 is 1.81 bits per heavy atom. The zero-order valence-corrected chi connectivity index (χ0v) is 14.7. The van der Waals surface area contributed by atoms with Crippen LogP contribution in [0.5, 0.6) is 0 Å². The van der Waals surface area contributed by atoms with Gasteiger partial charge in [0.2, 0.25) is 5.91 Å². The molecule has 2 aromatic carbocycles. The molecule has 1 unspecified atom stereocenters. The maximum atomic E-state index is 12.1. The summed E-state index contributed by atoms with van der Waals surface area (Å²) in [4.78, 5) is 16.4. The van der Waals surface area contributed by atoms with Gasteiger partial charge >= 0.3 is 0 Å². The summed E-state index contributed by atoms with van der Waals surface area (Å²) in [5.41, 5.74) is 2.01. The van der Waals surface area contributed by atoms with E-state index in [0.29, 0.717) is 31.0 Å². The van der Waals surface area contributed by atoms with Crippen LogP contribution in [0.1, 0.15) is 24.0 Å². The predicted molar refractivity (Wildman–Crippen MR) is 99.5 cm³/mol. The van der Waals surface area contributed by atoms with Crippen LogP contribution in [0, 0.1) is 0 Å². The number of methoxy groups -OCH3 is 1. The molecule has 26 heavy (non-hydrogen) atoms. The molecule has 0 aliphatic carbocycles. The summed E-state index contributed by atoms with van der Waals surface area (Å²) in [6.45, 7) is 0.431. The number of aromatic nitrogens is 1. The van der Waals surface area contributed by atoms with E-state index in [-0.39, 0.29) is 12.0 Å². The zero-order chi connectivity index (χ0) is 18.2. The number of carbonyl (C=O) groups is 1. The molecular formula is C21H22N2O3. The van der Waals surface area contributed by atoms with Crippen molar-refractivity contribution in [3.05, 3.63) is 78.3 Å². The fourth-order valence-corrected chi connectivity index (χ4v) is 2.68. The Bertz CT molecular complexity index is 816. The standard InChI is InChI=1S/C21H22N2O3/c1-25-18(16-8-4-2-5-9-16)14-22-20(24)12-13-21-23-15-19(26-21)17-10-6-3-7-11-17/h2-11,15,18H,12-14H2,1H3,(H,22,24). The van der Waals surface area contributed by atoms with Gasteiger partial charge < -0.3 is 14.5 Å². The predicted octanol–water partition coefficient (Wildman–Crippen LogP) is 3.78. The van der Waals surface area contributed by atoms with Gasteiger partial charge in [0.1, 0.15) is 0 Å². The normalized spacial score (nSPS) is 11.9. The topological polar surface area (TPSA) is 64.4 Å². The quantitative estimate of drug-likeness (QED) is 0.671. The Morgan fingerprint density at radius 3 is 2.50 bits per heavy atom. The molecule has 3 rings (SSSR count). The van der Waals surface area contributed by atoms with Gasteiger partial charge in [-0.15, -0.1) is 0 Å². The first-order valence-corrected chi connectivity index (χ1v) is 8.61. The average Bonchev–Trinajstić information content (AvgIpc) is 3.17. The van der Waals surface area contributed by atoms with Gasteiger partial charge in [-0.1, -0.05) is 60.7 Å². The maximum Gasteiger partial charge on any atom is 0.220 e. The highest BCUT2D eigenvalue weighted by Gasteiger charge is 2.13. The van der Waals surface area contributed by atoms with Crippen LogP contribution in [0.3, 0.4) is 0 Å². The molecule has 0 aliphatic rings. The van der Waals surface area contributed by atoms with E-state index in [4.69, 9.17) is 9.15 Å². The van der Waals surface area contributed by atoms with Gasteiger partial charge in [-0.3, -0.25) is 4.79 Å². The van der Waals surface area contributed by atoms with Crippen molar-refractivity contribution in [1.82, 2.24) is 10.3 Å². The highest BCUT2D eigenvalue weighted by Crippen LogP contribution is 2.20. The van der Waals surface area contributed by atoms with E-state index in [2.05, 4.69) is 10.3 Å². The average molecular weight is 350 g/mol. The van der Waals surface area contributed by atoms with Gasteiger partial charge in [0.15, 0.2) is 11.7 Å². The highest BCUT2D eigenvalue weighted by atomic mass is 16.5. The van der Waals surface area contributed by atoms with Crippen LogP contribution in [-0.2, 0) is 16.0 Å².